The maximum atomic E-state index is 13.5. The van der Waals surface area contributed by atoms with Gasteiger partial charge < -0.3 is 15.2 Å². The predicted molar refractivity (Wildman–Crippen MR) is 113 cm³/mol. The molecule has 0 radical (unpaired) electrons. The number of aromatic nitrogens is 2. The molecule has 2 N–H and O–H groups in total. The van der Waals surface area contributed by atoms with Crippen LogP contribution in [-0.2, 0) is 4.79 Å². The molecule has 0 bridgehead atoms. The van der Waals surface area contributed by atoms with Crippen LogP contribution in [0.25, 0.3) is 11.0 Å². The number of halogens is 2. The van der Waals surface area contributed by atoms with Crippen LogP contribution < -0.4 is 10.2 Å². The minimum absolute atomic E-state index is 0.00941. The number of nitrogens with zero attached hydrogens (tertiary/aromatic N) is 3. The Hall–Kier alpha value is -2.22. The Morgan fingerprint density at radius 3 is 2.63 bits per heavy atom. The summed E-state index contributed by atoms with van der Waals surface area (Å²) in [6.45, 7) is 6.67. The van der Waals surface area contributed by atoms with Gasteiger partial charge in [-0.05, 0) is 46.0 Å². The van der Waals surface area contributed by atoms with E-state index in [1.54, 1.807) is 0 Å². The Morgan fingerprint density at radius 2 is 1.87 bits per heavy atom. The van der Waals surface area contributed by atoms with Crippen LogP contribution in [0.2, 0.25) is 0 Å². The third kappa shape index (κ3) is 4.29. The molecule has 2 aliphatic rings. The molecule has 0 aliphatic carbocycles. The molecule has 3 heterocycles. The lowest BCUT2D eigenvalue weighted by Crippen LogP contribution is -2.52. The van der Waals surface area contributed by atoms with Gasteiger partial charge >= 0.3 is 0 Å². The lowest BCUT2D eigenvalue weighted by Gasteiger charge is -2.39. The summed E-state index contributed by atoms with van der Waals surface area (Å²) in [6, 6.07) is 2.97. The number of amides is 1. The van der Waals surface area contributed by atoms with E-state index in [1.807, 2.05) is 4.90 Å². The summed E-state index contributed by atoms with van der Waals surface area (Å²) >= 11 is 0. The van der Waals surface area contributed by atoms with E-state index in [-0.39, 0.29) is 11.9 Å². The first-order chi connectivity index (χ1) is 14.4. The minimum Gasteiger partial charge on any atom is -0.353 e. The Labute approximate surface area is 176 Å². The molecule has 30 heavy (non-hydrogen) atoms. The maximum absolute atomic E-state index is 13.5. The van der Waals surface area contributed by atoms with Gasteiger partial charge in [0.1, 0.15) is 6.04 Å². The SMILES string of the molecule is C[C@@H]1CCC[C@H](C)N1CCNC(=O)[C@@H]1CCCCN1c1nc2cc(F)c(F)cc2[nH]1. The van der Waals surface area contributed by atoms with Crippen LogP contribution in [0.15, 0.2) is 12.1 Å². The smallest absolute Gasteiger partial charge is 0.242 e. The molecular formula is C22H31F2N5O. The van der Waals surface area contributed by atoms with E-state index in [4.69, 9.17) is 0 Å². The molecule has 164 valence electrons. The summed E-state index contributed by atoms with van der Waals surface area (Å²) in [6.07, 6.45) is 6.35. The molecule has 1 aromatic carbocycles. The number of fused-ring (bicyclic) bond motifs is 1. The van der Waals surface area contributed by atoms with E-state index >= 15 is 0 Å². The van der Waals surface area contributed by atoms with Gasteiger partial charge in [0.2, 0.25) is 11.9 Å². The molecule has 2 fully saturated rings. The monoisotopic (exact) mass is 419 g/mol. The normalized spacial score (nSPS) is 25.6. The van der Waals surface area contributed by atoms with Crippen LogP contribution in [0, 0.1) is 11.6 Å². The van der Waals surface area contributed by atoms with Crippen molar-refractivity contribution < 1.29 is 13.6 Å². The number of anilines is 1. The summed E-state index contributed by atoms with van der Waals surface area (Å²) in [5.74, 6) is -1.35. The van der Waals surface area contributed by atoms with Crippen LogP contribution in [0.5, 0.6) is 0 Å². The van der Waals surface area contributed by atoms with Crippen molar-refractivity contribution in [2.75, 3.05) is 24.5 Å². The van der Waals surface area contributed by atoms with Gasteiger partial charge in [-0.2, -0.15) is 0 Å². The molecule has 3 atom stereocenters. The number of rotatable bonds is 5. The number of H-pyrrole nitrogens is 1. The Balaban J connectivity index is 1.42. The molecule has 0 spiro atoms. The van der Waals surface area contributed by atoms with Crippen LogP contribution in [0.3, 0.4) is 0 Å². The largest absolute Gasteiger partial charge is 0.353 e. The first-order valence-electron chi connectivity index (χ1n) is 11.1. The number of carbonyl (C=O) groups is 1. The van der Waals surface area contributed by atoms with Crippen molar-refractivity contribution in [3.8, 4) is 0 Å². The van der Waals surface area contributed by atoms with Crippen molar-refractivity contribution in [1.82, 2.24) is 20.2 Å². The molecule has 2 aliphatic heterocycles. The molecule has 0 unspecified atom stereocenters. The van der Waals surface area contributed by atoms with Gasteiger partial charge in [0.15, 0.2) is 11.6 Å². The van der Waals surface area contributed by atoms with E-state index in [2.05, 4.69) is 34.0 Å². The molecular weight excluding hydrogens is 388 g/mol. The van der Waals surface area contributed by atoms with E-state index < -0.39 is 11.6 Å². The van der Waals surface area contributed by atoms with Crippen LogP contribution in [0.1, 0.15) is 52.4 Å². The molecule has 2 saturated heterocycles. The number of benzene rings is 1. The van der Waals surface area contributed by atoms with Gasteiger partial charge in [-0.1, -0.05) is 6.42 Å². The second-order valence-electron chi connectivity index (χ2n) is 8.71. The highest BCUT2D eigenvalue weighted by molar-refractivity contribution is 5.86. The Morgan fingerprint density at radius 1 is 1.13 bits per heavy atom. The number of likely N-dealkylation sites (tertiary alicyclic amines) is 1. The average molecular weight is 420 g/mol. The Bertz CT molecular complexity index is 852. The zero-order chi connectivity index (χ0) is 21.3. The van der Waals surface area contributed by atoms with Crippen molar-refractivity contribution in [2.24, 2.45) is 0 Å². The number of carbonyl (C=O) groups excluding carboxylic acids is 1. The highest BCUT2D eigenvalue weighted by Crippen LogP contribution is 2.26. The first-order valence-corrected chi connectivity index (χ1v) is 11.1. The second kappa shape index (κ2) is 8.88. The summed E-state index contributed by atoms with van der Waals surface area (Å²) in [7, 11) is 0. The van der Waals surface area contributed by atoms with Crippen molar-refractivity contribution in [1.29, 1.82) is 0 Å². The zero-order valence-corrected chi connectivity index (χ0v) is 17.8. The van der Waals surface area contributed by atoms with Gasteiger partial charge in [0.25, 0.3) is 0 Å². The number of imidazole rings is 1. The molecule has 1 aromatic heterocycles. The standard InChI is InChI=1S/C22H31F2N5O/c1-14-6-5-7-15(2)28(14)11-9-25-21(30)20-8-3-4-10-29(20)22-26-18-12-16(23)17(24)13-19(18)27-22/h12-15,20H,3-11H2,1-2H3,(H,25,30)(H,26,27)/t14-,15+,20-/m0/s1. The summed E-state index contributed by atoms with van der Waals surface area (Å²) in [4.78, 5) is 24.9. The first kappa shape index (κ1) is 21.0. The maximum Gasteiger partial charge on any atom is 0.242 e. The van der Waals surface area contributed by atoms with E-state index in [0.29, 0.717) is 42.2 Å². The molecule has 2 aromatic rings. The molecule has 6 nitrogen and oxygen atoms in total. The minimum atomic E-state index is -0.922. The third-order valence-corrected chi connectivity index (χ3v) is 6.63. The lowest BCUT2D eigenvalue weighted by atomic mass is 9.97. The van der Waals surface area contributed by atoms with Gasteiger partial charge in [-0.3, -0.25) is 9.69 Å². The predicted octanol–water partition coefficient (Wildman–Crippen LogP) is 3.58. The quantitative estimate of drug-likeness (QED) is 0.778. The second-order valence-corrected chi connectivity index (χ2v) is 8.71. The van der Waals surface area contributed by atoms with Gasteiger partial charge in [-0.15, -0.1) is 0 Å². The topological polar surface area (TPSA) is 64.3 Å². The van der Waals surface area contributed by atoms with Crippen molar-refractivity contribution in [3.63, 3.8) is 0 Å². The number of piperidine rings is 2. The Kier molecular flexibility index (Phi) is 6.22. The van der Waals surface area contributed by atoms with Crippen molar-refractivity contribution in [3.05, 3.63) is 23.8 Å². The van der Waals surface area contributed by atoms with E-state index in [1.165, 1.54) is 19.3 Å². The van der Waals surface area contributed by atoms with Crippen LogP contribution in [-0.4, -0.2) is 58.5 Å². The number of nitrogens with one attached hydrogen (secondary N) is 2. The van der Waals surface area contributed by atoms with Crippen molar-refractivity contribution in [2.45, 2.75) is 70.5 Å². The highest BCUT2D eigenvalue weighted by Gasteiger charge is 2.31. The van der Waals surface area contributed by atoms with Gasteiger partial charge in [0, 0.05) is 43.9 Å². The summed E-state index contributed by atoms with van der Waals surface area (Å²) in [5, 5.41) is 3.11. The average Bonchev–Trinajstić information content (AvgIpc) is 3.13. The molecule has 4 rings (SSSR count). The van der Waals surface area contributed by atoms with E-state index in [0.717, 1.165) is 37.9 Å². The van der Waals surface area contributed by atoms with Crippen LogP contribution >= 0.6 is 0 Å². The number of aromatic amines is 1. The summed E-state index contributed by atoms with van der Waals surface area (Å²) in [5.41, 5.74) is 0.795. The van der Waals surface area contributed by atoms with Crippen molar-refractivity contribution >= 4 is 22.9 Å². The fourth-order valence-electron chi connectivity index (χ4n) is 4.93. The van der Waals surface area contributed by atoms with E-state index in [9.17, 15) is 13.6 Å². The van der Waals surface area contributed by atoms with Gasteiger partial charge in [0.05, 0.1) is 11.0 Å². The molecule has 8 heteroatoms. The summed E-state index contributed by atoms with van der Waals surface area (Å²) < 4.78 is 27.1. The number of hydrogen-bond acceptors (Lipinski definition) is 4. The fraction of sp³-hybridized carbons (Fsp3) is 0.636. The zero-order valence-electron chi connectivity index (χ0n) is 17.8. The van der Waals surface area contributed by atoms with Gasteiger partial charge in [-0.25, -0.2) is 13.8 Å². The number of hydrogen-bond donors (Lipinski definition) is 2. The molecule has 0 saturated carbocycles. The highest BCUT2D eigenvalue weighted by atomic mass is 19.2. The lowest BCUT2D eigenvalue weighted by molar-refractivity contribution is -0.123. The van der Waals surface area contributed by atoms with Crippen LogP contribution in [0.4, 0.5) is 14.7 Å². The molecule has 1 amide bonds. The fourth-order valence-corrected chi connectivity index (χ4v) is 4.93. The third-order valence-electron chi connectivity index (χ3n) is 6.63.